The molecule has 0 fully saturated rings. The number of hydrogen-bond acceptors (Lipinski definition) is 1. The number of carbonyl (C=O) groups is 1. The Balaban J connectivity index is 2.81. The number of halogens is 8. The first-order valence-electron chi connectivity index (χ1n) is 7.04. The fourth-order valence-electron chi connectivity index (χ4n) is 2.44. The van der Waals surface area contributed by atoms with Gasteiger partial charge in [-0.2, -0.15) is 26.3 Å². The van der Waals surface area contributed by atoms with Crippen molar-refractivity contribution in [1.82, 2.24) is 0 Å². The molecule has 9 heteroatoms. The van der Waals surface area contributed by atoms with Gasteiger partial charge >= 0.3 is 12.4 Å². The van der Waals surface area contributed by atoms with E-state index in [0.717, 1.165) is 24.3 Å². The molecule has 0 radical (unpaired) electrons. The lowest BCUT2D eigenvalue weighted by molar-refractivity contribution is -0.138. The van der Waals surface area contributed by atoms with Crippen LogP contribution in [-0.2, 0) is 12.4 Å². The third-order valence-electron chi connectivity index (χ3n) is 3.73. The minimum absolute atomic E-state index is 0.0357. The molecule has 1 nitrogen and oxygen atoms in total. The number of hydrogen-bond donors (Lipinski definition) is 0. The topological polar surface area (TPSA) is 17.1 Å². The maximum Gasteiger partial charge on any atom is 0.418 e. The molecule has 2 aromatic rings. The largest absolute Gasteiger partial charge is 0.418 e. The van der Waals surface area contributed by atoms with E-state index in [4.69, 9.17) is 23.2 Å². The maximum atomic E-state index is 13.4. The fourth-order valence-corrected chi connectivity index (χ4v) is 2.98. The molecule has 0 saturated heterocycles. The van der Waals surface area contributed by atoms with Crippen molar-refractivity contribution >= 4 is 29.0 Å². The second kappa shape index (κ2) is 6.78. The molecule has 0 aliphatic rings. The third kappa shape index (κ3) is 3.69. The molecule has 0 atom stereocenters. The van der Waals surface area contributed by atoms with Gasteiger partial charge in [-0.15, -0.1) is 0 Å². The Morgan fingerprint density at radius 3 is 1.31 bits per heavy atom. The number of ketones is 1. The molecule has 0 heterocycles. The zero-order valence-electron chi connectivity index (χ0n) is 13.2. The second-order valence-electron chi connectivity index (χ2n) is 5.56. The highest BCUT2D eigenvalue weighted by molar-refractivity contribution is 6.34. The molecule has 2 rings (SSSR count). The van der Waals surface area contributed by atoms with Crippen molar-refractivity contribution in [3.63, 3.8) is 0 Å². The zero-order chi connectivity index (χ0) is 20.0. The van der Waals surface area contributed by atoms with Crippen LogP contribution in [0.2, 0.25) is 10.0 Å². The molecular weight excluding hydrogens is 405 g/mol. The fraction of sp³-hybridized carbons (Fsp3) is 0.235. The summed E-state index contributed by atoms with van der Waals surface area (Å²) in [4.78, 5) is 12.6. The van der Waals surface area contributed by atoms with E-state index in [2.05, 4.69) is 0 Å². The summed E-state index contributed by atoms with van der Waals surface area (Å²) in [7, 11) is 0. The Morgan fingerprint density at radius 2 is 1.04 bits per heavy atom. The van der Waals surface area contributed by atoms with Crippen molar-refractivity contribution in [3.8, 4) is 0 Å². The van der Waals surface area contributed by atoms with Crippen LogP contribution in [0.4, 0.5) is 26.3 Å². The maximum absolute atomic E-state index is 13.4. The normalized spacial score (nSPS) is 12.4. The van der Waals surface area contributed by atoms with E-state index in [1.807, 2.05) is 0 Å². The Bertz CT molecular complexity index is 813. The summed E-state index contributed by atoms with van der Waals surface area (Å²) < 4.78 is 80.1. The van der Waals surface area contributed by atoms with Gasteiger partial charge in [-0.25, -0.2) is 0 Å². The molecule has 0 aliphatic carbocycles. The van der Waals surface area contributed by atoms with Gasteiger partial charge in [-0.1, -0.05) is 47.5 Å². The van der Waals surface area contributed by atoms with E-state index in [-0.39, 0.29) is 11.1 Å². The van der Waals surface area contributed by atoms with Crippen molar-refractivity contribution in [3.05, 3.63) is 67.7 Å². The standard InChI is InChI=1S/C17H10Cl2F6O/c1-7-3-5-9(11(13(7)18)16(20,21)22)15(26)10-6-4-8(2)14(19)12(10)17(23,24)25/h3-6H,1-2H3. The molecule has 0 unspecified atom stereocenters. The van der Waals surface area contributed by atoms with E-state index in [1.54, 1.807) is 0 Å². The third-order valence-corrected chi connectivity index (χ3v) is 4.70. The van der Waals surface area contributed by atoms with Crippen LogP contribution in [0.25, 0.3) is 0 Å². The predicted molar refractivity (Wildman–Crippen MR) is 85.8 cm³/mol. The highest BCUT2D eigenvalue weighted by Gasteiger charge is 2.42. The molecule has 26 heavy (non-hydrogen) atoms. The molecule has 0 N–H and O–H groups in total. The number of aryl methyl sites for hydroxylation is 2. The molecule has 0 aromatic heterocycles. The number of alkyl halides is 6. The molecule has 0 bridgehead atoms. The summed E-state index contributed by atoms with van der Waals surface area (Å²) in [5.41, 5.74) is -4.83. The Kier molecular flexibility index (Phi) is 5.36. The lowest BCUT2D eigenvalue weighted by atomic mass is 9.92. The smallest absolute Gasteiger partial charge is 0.289 e. The summed E-state index contributed by atoms with van der Waals surface area (Å²) in [5, 5.41) is -1.48. The Morgan fingerprint density at radius 1 is 0.731 bits per heavy atom. The van der Waals surface area contributed by atoms with Gasteiger partial charge in [-0.3, -0.25) is 4.79 Å². The average molecular weight is 415 g/mol. The predicted octanol–water partition coefficient (Wildman–Crippen LogP) is 6.88. The monoisotopic (exact) mass is 414 g/mol. The van der Waals surface area contributed by atoms with Crippen LogP contribution in [0.5, 0.6) is 0 Å². The van der Waals surface area contributed by atoms with Gasteiger partial charge in [0, 0.05) is 11.1 Å². The van der Waals surface area contributed by atoms with E-state index < -0.39 is 50.4 Å². The van der Waals surface area contributed by atoms with E-state index in [1.165, 1.54) is 13.8 Å². The number of carbonyl (C=O) groups excluding carboxylic acids is 1. The number of benzene rings is 2. The van der Waals surface area contributed by atoms with Crippen molar-refractivity contribution in [1.29, 1.82) is 0 Å². The Hall–Kier alpha value is -1.73. The van der Waals surface area contributed by atoms with Crippen LogP contribution in [0.3, 0.4) is 0 Å². The lowest BCUT2D eigenvalue weighted by Gasteiger charge is -2.19. The van der Waals surface area contributed by atoms with Gasteiger partial charge in [0.25, 0.3) is 0 Å². The SMILES string of the molecule is Cc1ccc(C(=O)c2ccc(C)c(Cl)c2C(F)(F)F)c(C(F)(F)F)c1Cl. The summed E-state index contributed by atoms with van der Waals surface area (Å²) in [6.07, 6.45) is -10.1. The summed E-state index contributed by atoms with van der Waals surface area (Å²) >= 11 is 11.4. The van der Waals surface area contributed by atoms with Crippen LogP contribution in [0, 0.1) is 13.8 Å². The minimum atomic E-state index is -5.03. The zero-order valence-corrected chi connectivity index (χ0v) is 14.8. The quantitative estimate of drug-likeness (QED) is 0.386. The molecule has 140 valence electrons. The minimum Gasteiger partial charge on any atom is -0.289 e. The van der Waals surface area contributed by atoms with Gasteiger partial charge in [0.2, 0.25) is 0 Å². The van der Waals surface area contributed by atoms with Crippen LogP contribution < -0.4 is 0 Å². The summed E-state index contributed by atoms with van der Waals surface area (Å²) in [5.74, 6) is -1.46. The van der Waals surface area contributed by atoms with Crippen LogP contribution in [0.15, 0.2) is 24.3 Å². The van der Waals surface area contributed by atoms with Crippen molar-refractivity contribution in [2.75, 3.05) is 0 Å². The summed E-state index contributed by atoms with van der Waals surface area (Å²) in [6, 6.07) is 3.88. The van der Waals surface area contributed by atoms with Gasteiger partial charge in [0.15, 0.2) is 5.78 Å². The molecule has 0 aliphatic heterocycles. The van der Waals surface area contributed by atoms with Crippen LogP contribution in [-0.4, -0.2) is 5.78 Å². The number of rotatable bonds is 2. The first kappa shape index (κ1) is 20.6. The van der Waals surface area contributed by atoms with E-state index in [0.29, 0.717) is 0 Å². The van der Waals surface area contributed by atoms with Crippen LogP contribution in [0.1, 0.15) is 38.2 Å². The van der Waals surface area contributed by atoms with Gasteiger partial charge in [-0.05, 0) is 25.0 Å². The Labute approximate surface area is 154 Å². The molecule has 0 spiro atoms. The molecule has 2 aromatic carbocycles. The molecule has 0 saturated carbocycles. The van der Waals surface area contributed by atoms with Gasteiger partial charge in [0.05, 0.1) is 21.2 Å². The van der Waals surface area contributed by atoms with Crippen molar-refractivity contribution in [2.45, 2.75) is 26.2 Å². The van der Waals surface area contributed by atoms with E-state index in [9.17, 15) is 31.1 Å². The highest BCUT2D eigenvalue weighted by Crippen LogP contribution is 2.43. The summed E-state index contributed by atoms with van der Waals surface area (Å²) in [6.45, 7) is 2.57. The van der Waals surface area contributed by atoms with E-state index >= 15 is 0 Å². The van der Waals surface area contributed by atoms with Crippen LogP contribution >= 0.6 is 23.2 Å². The first-order valence-corrected chi connectivity index (χ1v) is 7.79. The van der Waals surface area contributed by atoms with Gasteiger partial charge < -0.3 is 0 Å². The van der Waals surface area contributed by atoms with Crippen molar-refractivity contribution < 1.29 is 31.1 Å². The second-order valence-corrected chi connectivity index (χ2v) is 6.32. The molecule has 0 amide bonds. The highest BCUT2D eigenvalue weighted by atomic mass is 35.5. The first-order chi connectivity index (χ1) is 11.8. The van der Waals surface area contributed by atoms with Gasteiger partial charge in [0.1, 0.15) is 0 Å². The lowest BCUT2D eigenvalue weighted by Crippen LogP contribution is -2.19. The molecular formula is C17H10Cl2F6O. The average Bonchev–Trinajstić information content (AvgIpc) is 2.49. The van der Waals surface area contributed by atoms with Crippen molar-refractivity contribution in [2.24, 2.45) is 0 Å².